The van der Waals surface area contributed by atoms with Gasteiger partial charge in [0.1, 0.15) is 5.75 Å². The zero-order valence-electron chi connectivity index (χ0n) is 15.2. The SMILES string of the molecule is O=C(O)CCc1ccc(OC2CCCC2)c(-c2ccc3ncccc3c2)c1. The van der Waals surface area contributed by atoms with Crippen LogP contribution in [0.5, 0.6) is 5.75 Å². The van der Waals surface area contributed by atoms with Gasteiger partial charge in [-0.05, 0) is 73.6 Å². The van der Waals surface area contributed by atoms with Gasteiger partial charge in [0.2, 0.25) is 0 Å². The largest absolute Gasteiger partial charge is 0.490 e. The molecule has 0 spiro atoms. The fourth-order valence-corrected chi connectivity index (χ4v) is 3.74. The predicted molar refractivity (Wildman–Crippen MR) is 106 cm³/mol. The van der Waals surface area contributed by atoms with E-state index in [9.17, 15) is 4.79 Å². The van der Waals surface area contributed by atoms with Crippen LogP contribution in [0.4, 0.5) is 0 Å². The van der Waals surface area contributed by atoms with Crippen molar-refractivity contribution >= 4 is 16.9 Å². The van der Waals surface area contributed by atoms with Crippen molar-refractivity contribution in [3.63, 3.8) is 0 Å². The summed E-state index contributed by atoms with van der Waals surface area (Å²) < 4.78 is 6.32. The summed E-state index contributed by atoms with van der Waals surface area (Å²) in [6.45, 7) is 0. The van der Waals surface area contributed by atoms with Crippen molar-refractivity contribution in [2.75, 3.05) is 0 Å². The van der Waals surface area contributed by atoms with E-state index in [0.29, 0.717) is 6.42 Å². The number of hydrogen-bond acceptors (Lipinski definition) is 3. The van der Waals surface area contributed by atoms with Gasteiger partial charge in [-0.15, -0.1) is 0 Å². The fraction of sp³-hybridized carbons (Fsp3) is 0.304. The second-order valence-electron chi connectivity index (χ2n) is 7.16. The van der Waals surface area contributed by atoms with Crippen LogP contribution in [0, 0.1) is 0 Å². The van der Waals surface area contributed by atoms with E-state index in [2.05, 4.69) is 29.2 Å². The van der Waals surface area contributed by atoms with Crippen molar-refractivity contribution in [3.8, 4) is 16.9 Å². The number of aryl methyl sites for hydroxylation is 1. The molecule has 4 heteroatoms. The molecule has 1 aromatic heterocycles. The maximum atomic E-state index is 10.9. The Hall–Kier alpha value is -2.88. The molecule has 0 saturated heterocycles. The van der Waals surface area contributed by atoms with Crippen molar-refractivity contribution in [2.45, 2.75) is 44.6 Å². The van der Waals surface area contributed by atoms with Crippen LogP contribution in [0.15, 0.2) is 54.7 Å². The van der Waals surface area contributed by atoms with E-state index in [1.54, 1.807) is 6.20 Å². The van der Waals surface area contributed by atoms with Crippen LogP contribution in [0.3, 0.4) is 0 Å². The number of aliphatic carboxylic acids is 1. The Morgan fingerprint density at radius 3 is 2.78 bits per heavy atom. The number of carboxylic acid groups (broad SMARTS) is 1. The first kappa shape index (κ1) is 17.5. The van der Waals surface area contributed by atoms with Crippen LogP contribution in [0.25, 0.3) is 22.0 Å². The van der Waals surface area contributed by atoms with Crippen LogP contribution in [-0.2, 0) is 11.2 Å². The molecule has 4 rings (SSSR count). The van der Waals surface area contributed by atoms with Crippen molar-refractivity contribution in [1.29, 1.82) is 0 Å². The highest BCUT2D eigenvalue weighted by Crippen LogP contribution is 2.35. The van der Waals surface area contributed by atoms with Crippen LogP contribution in [0.2, 0.25) is 0 Å². The maximum absolute atomic E-state index is 10.9. The fourth-order valence-electron chi connectivity index (χ4n) is 3.74. The lowest BCUT2D eigenvalue weighted by Gasteiger charge is -2.18. The first-order valence-electron chi connectivity index (χ1n) is 9.55. The number of carbonyl (C=O) groups is 1. The molecule has 1 fully saturated rings. The molecule has 3 aromatic rings. The average molecular weight is 361 g/mol. The van der Waals surface area contributed by atoms with Gasteiger partial charge in [-0.2, -0.15) is 0 Å². The molecule has 0 radical (unpaired) electrons. The van der Waals surface area contributed by atoms with E-state index >= 15 is 0 Å². The topological polar surface area (TPSA) is 59.4 Å². The standard InChI is InChI=1S/C23H23NO3/c25-23(26)12-8-16-7-11-22(27-19-5-1-2-6-19)20(14-16)17-9-10-21-18(15-17)4-3-13-24-21/h3-4,7,9-11,13-15,19H,1-2,5-6,8,12H2,(H,25,26). The summed E-state index contributed by atoms with van der Waals surface area (Å²) in [7, 11) is 0. The molecule has 4 nitrogen and oxygen atoms in total. The molecule has 1 aliphatic rings. The molecule has 138 valence electrons. The number of aromatic nitrogens is 1. The average Bonchev–Trinajstić information content (AvgIpc) is 3.20. The van der Waals surface area contributed by atoms with Gasteiger partial charge in [0.15, 0.2) is 0 Å². The van der Waals surface area contributed by atoms with Gasteiger partial charge < -0.3 is 9.84 Å². The molecule has 0 atom stereocenters. The molecule has 0 unspecified atom stereocenters. The number of benzene rings is 2. The third-order valence-electron chi connectivity index (χ3n) is 5.18. The van der Waals surface area contributed by atoms with Gasteiger partial charge in [0.05, 0.1) is 11.6 Å². The van der Waals surface area contributed by atoms with Gasteiger partial charge in [0.25, 0.3) is 0 Å². The molecule has 1 N–H and O–H groups in total. The van der Waals surface area contributed by atoms with E-state index in [4.69, 9.17) is 9.84 Å². The minimum Gasteiger partial charge on any atom is -0.490 e. The van der Waals surface area contributed by atoms with Crippen molar-refractivity contribution in [3.05, 3.63) is 60.3 Å². The van der Waals surface area contributed by atoms with E-state index in [-0.39, 0.29) is 12.5 Å². The lowest BCUT2D eigenvalue weighted by atomic mass is 9.98. The summed E-state index contributed by atoms with van der Waals surface area (Å²) in [5.41, 5.74) is 4.07. The molecule has 1 heterocycles. The number of hydrogen-bond donors (Lipinski definition) is 1. The number of nitrogens with zero attached hydrogens (tertiary/aromatic N) is 1. The van der Waals surface area contributed by atoms with Gasteiger partial charge in [0, 0.05) is 23.6 Å². The van der Waals surface area contributed by atoms with E-state index in [0.717, 1.165) is 46.2 Å². The maximum Gasteiger partial charge on any atom is 0.303 e. The lowest BCUT2D eigenvalue weighted by molar-refractivity contribution is -0.136. The van der Waals surface area contributed by atoms with E-state index < -0.39 is 5.97 Å². The summed E-state index contributed by atoms with van der Waals surface area (Å²) in [6, 6.07) is 16.3. The first-order chi connectivity index (χ1) is 13.2. The third kappa shape index (κ3) is 4.11. The Morgan fingerprint density at radius 2 is 1.96 bits per heavy atom. The molecule has 2 aromatic carbocycles. The molecular formula is C23H23NO3. The van der Waals surface area contributed by atoms with Crippen molar-refractivity contribution in [2.24, 2.45) is 0 Å². The number of fused-ring (bicyclic) bond motifs is 1. The van der Waals surface area contributed by atoms with Gasteiger partial charge in [-0.25, -0.2) is 0 Å². The van der Waals surface area contributed by atoms with Crippen LogP contribution < -0.4 is 4.74 Å². The minimum atomic E-state index is -0.778. The Bertz CT molecular complexity index is 961. The van der Waals surface area contributed by atoms with Gasteiger partial charge in [-0.1, -0.05) is 18.2 Å². The van der Waals surface area contributed by atoms with E-state index in [1.807, 2.05) is 24.3 Å². The molecule has 0 aliphatic heterocycles. The molecule has 1 aliphatic carbocycles. The van der Waals surface area contributed by atoms with Gasteiger partial charge in [-0.3, -0.25) is 9.78 Å². The summed E-state index contributed by atoms with van der Waals surface area (Å²) in [5.74, 6) is 0.101. The Balaban J connectivity index is 1.72. The normalized spacial score (nSPS) is 14.5. The second kappa shape index (κ2) is 7.78. The molecule has 0 bridgehead atoms. The highest BCUT2D eigenvalue weighted by Gasteiger charge is 2.19. The second-order valence-corrected chi connectivity index (χ2v) is 7.16. The Morgan fingerprint density at radius 1 is 1.11 bits per heavy atom. The van der Waals surface area contributed by atoms with Crippen LogP contribution in [-0.4, -0.2) is 22.2 Å². The number of ether oxygens (including phenoxy) is 1. The Kier molecular flexibility index (Phi) is 5.05. The quantitative estimate of drug-likeness (QED) is 0.652. The number of pyridine rings is 1. The summed E-state index contributed by atoms with van der Waals surface area (Å²) in [4.78, 5) is 15.3. The number of rotatable bonds is 6. The highest BCUT2D eigenvalue weighted by atomic mass is 16.5. The van der Waals surface area contributed by atoms with Crippen molar-refractivity contribution < 1.29 is 14.6 Å². The lowest BCUT2D eigenvalue weighted by Crippen LogP contribution is -2.11. The van der Waals surface area contributed by atoms with Crippen molar-refractivity contribution in [1.82, 2.24) is 4.98 Å². The summed E-state index contributed by atoms with van der Waals surface area (Å²) in [6.07, 6.45) is 7.35. The highest BCUT2D eigenvalue weighted by molar-refractivity contribution is 5.85. The van der Waals surface area contributed by atoms with Crippen LogP contribution in [0.1, 0.15) is 37.7 Å². The summed E-state index contributed by atoms with van der Waals surface area (Å²) in [5, 5.41) is 10.1. The smallest absolute Gasteiger partial charge is 0.303 e. The Labute approximate surface area is 158 Å². The van der Waals surface area contributed by atoms with Gasteiger partial charge >= 0.3 is 5.97 Å². The minimum absolute atomic E-state index is 0.129. The first-order valence-corrected chi connectivity index (χ1v) is 9.55. The molecule has 27 heavy (non-hydrogen) atoms. The third-order valence-corrected chi connectivity index (χ3v) is 5.18. The van der Waals surface area contributed by atoms with E-state index in [1.165, 1.54) is 12.8 Å². The molecule has 1 saturated carbocycles. The molecule has 0 amide bonds. The molecular weight excluding hydrogens is 338 g/mol. The zero-order valence-corrected chi connectivity index (χ0v) is 15.2. The monoisotopic (exact) mass is 361 g/mol. The van der Waals surface area contributed by atoms with Crippen LogP contribution >= 0.6 is 0 Å². The summed E-state index contributed by atoms with van der Waals surface area (Å²) >= 11 is 0. The number of carboxylic acids is 1. The predicted octanol–water partition coefficient (Wildman–Crippen LogP) is 5.24. The zero-order chi connectivity index (χ0) is 18.6.